The van der Waals surface area contributed by atoms with E-state index in [2.05, 4.69) is 5.16 Å². The molecule has 0 bridgehead atoms. The Morgan fingerprint density at radius 3 is 2.88 bits per heavy atom. The molecule has 0 aliphatic heterocycles. The van der Waals surface area contributed by atoms with Crippen LogP contribution >= 0.6 is 0 Å². The lowest BCUT2D eigenvalue weighted by Gasteiger charge is -2.10. The minimum atomic E-state index is -0.892. The summed E-state index contributed by atoms with van der Waals surface area (Å²) in [6, 6.07) is 6.95. The number of rotatable bonds is 5. The zero-order valence-electron chi connectivity index (χ0n) is 9.00. The van der Waals surface area contributed by atoms with Crippen LogP contribution in [0, 0.1) is 0 Å². The second-order valence-electron chi connectivity index (χ2n) is 3.36. The van der Waals surface area contributed by atoms with Crippen LogP contribution in [-0.4, -0.2) is 40.4 Å². The van der Waals surface area contributed by atoms with Crippen molar-refractivity contribution in [2.24, 2.45) is 5.16 Å². The molecule has 5 nitrogen and oxygen atoms in total. The monoisotopic (exact) mass is 225 g/mol. The van der Waals surface area contributed by atoms with E-state index in [-0.39, 0.29) is 13.2 Å². The summed E-state index contributed by atoms with van der Waals surface area (Å²) in [5, 5.41) is 29.4. The average molecular weight is 225 g/mol. The zero-order chi connectivity index (χ0) is 12.0. The fourth-order valence-corrected chi connectivity index (χ4v) is 1.11. The molecule has 1 aromatic rings. The number of aliphatic hydroxyl groups is 2. The molecule has 0 aromatic heterocycles. The number of hydrogen-bond acceptors (Lipinski definition) is 5. The highest BCUT2D eigenvalue weighted by atomic mass is 16.5. The van der Waals surface area contributed by atoms with Gasteiger partial charge in [0.2, 0.25) is 0 Å². The molecule has 0 heterocycles. The highest BCUT2D eigenvalue weighted by Gasteiger charge is 2.04. The summed E-state index contributed by atoms with van der Waals surface area (Å²) in [4.78, 5) is 0. The molecule has 3 N–H and O–H groups in total. The molecule has 1 rings (SSSR count). The third-order valence-electron chi connectivity index (χ3n) is 2.05. The maximum atomic E-state index is 9.11. The molecule has 1 aromatic carbocycles. The largest absolute Gasteiger partial charge is 0.491 e. The maximum absolute atomic E-state index is 9.11. The van der Waals surface area contributed by atoms with Gasteiger partial charge in [0.1, 0.15) is 18.5 Å². The average Bonchev–Trinajstić information content (AvgIpc) is 2.35. The van der Waals surface area contributed by atoms with Crippen molar-refractivity contribution < 1.29 is 20.2 Å². The highest BCUT2D eigenvalue weighted by molar-refractivity contribution is 5.98. The summed E-state index contributed by atoms with van der Waals surface area (Å²) in [6.07, 6.45) is -0.892. The summed E-state index contributed by atoms with van der Waals surface area (Å²) >= 11 is 0. The minimum absolute atomic E-state index is 0.0231. The summed E-state index contributed by atoms with van der Waals surface area (Å²) in [5.41, 5.74) is 1.21. The standard InChI is InChI=1S/C11H15NO4/c1-8(12-15)9-3-2-4-11(5-9)16-7-10(14)6-13/h2-5,10,13-15H,6-7H2,1H3/b12-8-. The summed E-state index contributed by atoms with van der Waals surface area (Å²) in [7, 11) is 0. The van der Waals surface area contributed by atoms with Crippen LogP contribution < -0.4 is 4.74 Å². The maximum Gasteiger partial charge on any atom is 0.120 e. The highest BCUT2D eigenvalue weighted by Crippen LogP contribution is 2.14. The molecule has 0 saturated heterocycles. The van der Waals surface area contributed by atoms with Gasteiger partial charge in [-0.25, -0.2) is 0 Å². The van der Waals surface area contributed by atoms with E-state index in [0.717, 1.165) is 5.56 Å². The Hall–Kier alpha value is -1.59. The van der Waals surface area contributed by atoms with Gasteiger partial charge >= 0.3 is 0 Å². The number of hydrogen-bond donors (Lipinski definition) is 3. The van der Waals surface area contributed by atoms with E-state index >= 15 is 0 Å². The molecule has 1 atom stereocenters. The molecule has 0 saturated carbocycles. The van der Waals surface area contributed by atoms with Crippen LogP contribution in [0.2, 0.25) is 0 Å². The first-order chi connectivity index (χ1) is 7.67. The molecule has 5 heteroatoms. The van der Waals surface area contributed by atoms with Crippen molar-refractivity contribution in [3.8, 4) is 5.75 Å². The molecule has 0 aliphatic carbocycles. The Kier molecular flexibility index (Phi) is 4.75. The first-order valence-corrected chi connectivity index (χ1v) is 4.88. The van der Waals surface area contributed by atoms with Crippen molar-refractivity contribution in [1.29, 1.82) is 0 Å². The topological polar surface area (TPSA) is 82.3 Å². The lowest BCUT2D eigenvalue weighted by atomic mass is 10.1. The Labute approximate surface area is 93.6 Å². The van der Waals surface area contributed by atoms with Crippen molar-refractivity contribution in [2.75, 3.05) is 13.2 Å². The van der Waals surface area contributed by atoms with Gasteiger partial charge in [0.05, 0.1) is 12.3 Å². The van der Waals surface area contributed by atoms with Crippen molar-refractivity contribution in [1.82, 2.24) is 0 Å². The van der Waals surface area contributed by atoms with Gasteiger partial charge in [-0.2, -0.15) is 0 Å². The Morgan fingerprint density at radius 2 is 2.25 bits per heavy atom. The van der Waals surface area contributed by atoms with Gasteiger partial charge in [-0.15, -0.1) is 0 Å². The Bertz CT molecular complexity index is 365. The van der Waals surface area contributed by atoms with Crippen LogP contribution in [0.4, 0.5) is 0 Å². The first kappa shape index (κ1) is 12.5. The van der Waals surface area contributed by atoms with Gasteiger partial charge < -0.3 is 20.2 Å². The molecule has 88 valence electrons. The molecular weight excluding hydrogens is 210 g/mol. The van der Waals surface area contributed by atoms with Crippen LogP contribution in [0.5, 0.6) is 5.75 Å². The van der Waals surface area contributed by atoms with Crippen LogP contribution in [-0.2, 0) is 0 Å². The van der Waals surface area contributed by atoms with E-state index in [1.807, 2.05) is 0 Å². The molecule has 0 spiro atoms. The van der Waals surface area contributed by atoms with Crippen molar-refractivity contribution in [3.05, 3.63) is 29.8 Å². The van der Waals surface area contributed by atoms with Crippen molar-refractivity contribution in [3.63, 3.8) is 0 Å². The second-order valence-corrected chi connectivity index (χ2v) is 3.36. The third-order valence-corrected chi connectivity index (χ3v) is 2.05. The van der Waals surface area contributed by atoms with Crippen molar-refractivity contribution in [2.45, 2.75) is 13.0 Å². The lowest BCUT2D eigenvalue weighted by Crippen LogP contribution is -2.21. The summed E-state index contributed by atoms with van der Waals surface area (Å²) in [6.45, 7) is 1.35. The summed E-state index contributed by atoms with van der Waals surface area (Å²) < 4.78 is 5.25. The second kappa shape index (κ2) is 6.09. The Balaban J connectivity index is 2.68. The summed E-state index contributed by atoms with van der Waals surface area (Å²) in [5.74, 6) is 0.549. The van der Waals surface area contributed by atoms with E-state index in [0.29, 0.717) is 11.5 Å². The van der Waals surface area contributed by atoms with Crippen LogP contribution in [0.1, 0.15) is 12.5 Å². The number of nitrogens with zero attached hydrogens (tertiary/aromatic N) is 1. The van der Waals surface area contributed by atoms with Crippen molar-refractivity contribution >= 4 is 5.71 Å². The molecule has 0 aliphatic rings. The molecule has 1 unspecified atom stereocenters. The molecule has 0 radical (unpaired) electrons. The SMILES string of the molecule is C/C(=N/O)c1cccc(OCC(O)CO)c1. The fourth-order valence-electron chi connectivity index (χ4n) is 1.11. The number of aliphatic hydroxyl groups excluding tert-OH is 2. The molecule has 0 fully saturated rings. The molecular formula is C11H15NO4. The predicted molar refractivity (Wildman–Crippen MR) is 59.0 cm³/mol. The van der Waals surface area contributed by atoms with E-state index in [1.54, 1.807) is 31.2 Å². The minimum Gasteiger partial charge on any atom is -0.491 e. The number of oxime groups is 1. The van der Waals surface area contributed by atoms with Gasteiger partial charge in [0, 0.05) is 5.56 Å². The van der Waals surface area contributed by atoms with Gasteiger partial charge in [0.15, 0.2) is 0 Å². The first-order valence-electron chi connectivity index (χ1n) is 4.88. The lowest BCUT2D eigenvalue weighted by molar-refractivity contribution is 0.0536. The number of benzene rings is 1. The van der Waals surface area contributed by atoms with E-state index in [1.165, 1.54) is 0 Å². The fraction of sp³-hybridized carbons (Fsp3) is 0.364. The van der Waals surface area contributed by atoms with Gasteiger partial charge in [-0.3, -0.25) is 0 Å². The van der Waals surface area contributed by atoms with Gasteiger partial charge in [-0.05, 0) is 19.1 Å². The van der Waals surface area contributed by atoms with Gasteiger partial charge in [-0.1, -0.05) is 17.3 Å². The van der Waals surface area contributed by atoms with Crippen LogP contribution in [0.25, 0.3) is 0 Å². The normalized spacial score (nSPS) is 13.6. The molecule has 0 amide bonds. The smallest absolute Gasteiger partial charge is 0.120 e. The predicted octanol–water partition coefficient (Wildman–Crippen LogP) is 0.617. The van der Waals surface area contributed by atoms with Gasteiger partial charge in [0.25, 0.3) is 0 Å². The number of ether oxygens (including phenoxy) is 1. The molecule has 16 heavy (non-hydrogen) atoms. The third kappa shape index (κ3) is 3.52. The van der Waals surface area contributed by atoms with E-state index < -0.39 is 6.10 Å². The zero-order valence-corrected chi connectivity index (χ0v) is 9.00. The van der Waals surface area contributed by atoms with Crippen LogP contribution in [0.15, 0.2) is 29.4 Å². The Morgan fingerprint density at radius 1 is 1.50 bits per heavy atom. The quantitative estimate of drug-likeness (QED) is 0.389. The van der Waals surface area contributed by atoms with E-state index in [4.69, 9.17) is 20.2 Å². The van der Waals surface area contributed by atoms with E-state index in [9.17, 15) is 0 Å². The van der Waals surface area contributed by atoms with Crippen LogP contribution in [0.3, 0.4) is 0 Å².